The van der Waals surface area contributed by atoms with Gasteiger partial charge in [-0.05, 0) is 31.9 Å². The molecule has 0 bridgehead atoms. The fourth-order valence-corrected chi connectivity index (χ4v) is 2.56. The highest BCUT2D eigenvalue weighted by molar-refractivity contribution is 5.88. The maximum Gasteiger partial charge on any atom is 0.280 e. The molecule has 1 aliphatic rings. The second-order valence-corrected chi connectivity index (χ2v) is 5.45. The summed E-state index contributed by atoms with van der Waals surface area (Å²) in [5.74, 6) is 0.892. The number of nitrogens with two attached hydrogens (primary N) is 1. The van der Waals surface area contributed by atoms with Crippen LogP contribution in [0.25, 0.3) is 10.8 Å². The number of anilines is 1. The van der Waals surface area contributed by atoms with Crippen LogP contribution >= 0.6 is 0 Å². The Kier molecular flexibility index (Phi) is 4.06. The monoisotopic (exact) mass is 308 g/mol. The molecule has 0 radical (unpaired) electrons. The van der Waals surface area contributed by atoms with Gasteiger partial charge in [0.2, 0.25) is 5.88 Å². The lowest BCUT2D eigenvalue weighted by Crippen LogP contribution is -2.44. The summed E-state index contributed by atoms with van der Waals surface area (Å²) < 4.78 is 31.2. The topological polar surface area (TPSA) is 73.1 Å². The fraction of sp³-hybridized carbons (Fsp3) is 0.467. The van der Waals surface area contributed by atoms with Gasteiger partial charge in [-0.2, -0.15) is 0 Å². The van der Waals surface area contributed by atoms with E-state index in [0.29, 0.717) is 29.2 Å². The van der Waals surface area contributed by atoms with Gasteiger partial charge in [0.05, 0.1) is 6.61 Å². The molecule has 0 aliphatic heterocycles. The predicted molar refractivity (Wildman–Crippen MR) is 80.3 cm³/mol. The normalized spacial score (nSPS) is 21.0. The molecule has 0 saturated heterocycles. The lowest BCUT2D eigenvalue weighted by molar-refractivity contribution is 0.145. The van der Waals surface area contributed by atoms with Gasteiger partial charge < -0.3 is 15.8 Å². The van der Waals surface area contributed by atoms with E-state index in [0.717, 1.165) is 12.8 Å². The van der Waals surface area contributed by atoms with Crippen molar-refractivity contribution in [2.75, 3.05) is 11.9 Å². The van der Waals surface area contributed by atoms with Gasteiger partial charge in [-0.15, -0.1) is 0 Å². The van der Waals surface area contributed by atoms with Crippen molar-refractivity contribution < 1.29 is 13.5 Å². The number of pyridine rings is 2. The molecule has 2 aromatic heterocycles. The van der Waals surface area contributed by atoms with E-state index in [4.69, 9.17) is 10.5 Å². The molecule has 0 unspecified atom stereocenters. The third-order valence-electron chi connectivity index (χ3n) is 3.73. The molecule has 22 heavy (non-hydrogen) atoms. The van der Waals surface area contributed by atoms with Gasteiger partial charge in [0, 0.05) is 29.1 Å². The summed E-state index contributed by atoms with van der Waals surface area (Å²) in [4.78, 5) is 8.18. The Morgan fingerprint density at radius 3 is 2.82 bits per heavy atom. The van der Waals surface area contributed by atoms with E-state index in [9.17, 15) is 8.78 Å². The maximum absolute atomic E-state index is 12.9. The van der Waals surface area contributed by atoms with Crippen LogP contribution < -0.4 is 15.8 Å². The molecule has 0 amide bonds. The Labute approximate surface area is 126 Å². The van der Waals surface area contributed by atoms with E-state index in [1.807, 2.05) is 0 Å². The molecule has 7 heteroatoms. The van der Waals surface area contributed by atoms with Crippen molar-refractivity contribution in [2.45, 2.75) is 38.3 Å². The van der Waals surface area contributed by atoms with Crippen LogP contribution in [0.5, 0.6) is 5.88 Å². The number of hydrogen-bond acceptors (Lipinski definition) is 5. The average molecular weight is 308 g/mol. The first-order valence-electron chi connectivity index (χ1n) is 7.30. The number of nitrogens with one attached hydrogen (secondary N) is 1. The minimum Gasteiger partial charge on any atom is -0.478 e. The molecule has 0 spiro atoms. The zero-order valence-electron chi connectivity index (χ0n) is 12.2. The Balaban J connectivity index is 1.95. The molecule has 5 nitrogen and oxygen atoms in total. The Morgan fingerprint density at radius 1 is 1.41 bits per heavy atom. The molecule has 2 aromatic rings. The number of hydrogen-bond donors (Lipinski definition) is 2. The Bertz CT molecular complexity index is 674. The zero-order valence-corrected chi connectivity index (χ0v) is 12.2. The largest absolute Gasteiger partial charge is 0.478 e. The first kappa shape index (κ1) is 14.9. The molecular weight excluding hydrogens is 290 g/mol. The zero-order chi connectivity index (χ0) is 15.7. The van der Waals surface area contributed by atoms with Gasteiger partial charge >= 0.3 is 0 Å². The average Bonchev–Trinajstić information content (AvgIpc) is 2.46. The molecule has 1 saturated carbocycles. The highest BCUT2D eigenvalue weighted by Gasteiger charge is 2.26. The summed E-state index contributed by atoms with van der Waals surface area (Å²) in [6, 6.07) is 3.68. The minimum atomic E-state index is -2.64. The second kappa shape index (κ2) is 6.00. The Hall–Kier alpha value is -2.02. The molecule has 0 atom stereocenters. The fourth-order valence-electron chi connectivity index (χ4n) is 2.56. The SMILES string of the molecule is CCOc1nc(C(F)F)cc2cnc(N[C@H]3C[C@H](N)C3)cc12. The molecule has 118 valence electrons. The summed E-state index contributed by atoms with van der Waals surface area (Å²) in [6.45, 7) is 2.15. The molecular formula is C15H18F2N4O. The van der Waals surface area contributed by atoms with E-state index in [1.165, 1.54) is 6.07 Å². The third-order valence-corrected chi connectivity index (χ3v) is 3.73. The van der Waals surface area contributed by atoms with Crippen molar-refractivity contribution >= 4 is 16.6 Å². The molecule has 1 fully saturated rings. The van der Waals surface area contributed by atoms with Crippen LogP contribution in [0.4, 0.5) is 14.6 Å². The van der Waals surface area contributed by atoms with Gasteiger partial charge in [0.25, 0.3) is 6.43 Å². The molecule has 3 rings (SSSR count). The van der Waals surface area contributed by atoms with Crippen molar-refractivity contribution in [1.82, 2.24) is 9.97 Å². The maximum atomic E-state index is 12.9. The highest BCUT2D eigenvalue weighted by Crippen LogP contribution is 2.31. The lowest BCUT2D eigenvalue weighted by atomic mass is 9.88. The van der Waals surface area contributed by atoms with Crippen LogP contribution in [0.3, 0.4) is 0 Å². The van der Waals surface area contributed by atoms with Gasteiger partial charge in [0.1, 0.15) is 11.5 Å². The first-order valence-corrected chi connectivity index (χ1v) is 7.30. The standard InChI is InChI=1S/C15H18F2N4O/c1-2-22-15-11-6-13(20-10-4-9(18)5-10)19-7-8(11)3-12(21-15)14(16)17/h3,6-7,9-10,14H,2,4-5,18H2,1H3,(H,19,20)/t9-,10-. The van der Waals surface area contributed by atoms with E-state index in [1.54, 1.807) is 19.2 Å². The van der Waals surface area contributed by atoms with Crippen molar-refractivity contribution in [3.8, 4) is 5.88 Å². The van der Waals surface area contributed by atoms with Crippen LogP contribution in [-0.4, -0.2) is 28.7 Å². The predicted octanol–water partition coefficient (Wildman–Crippen LogP) is 2.87. The highest BCUT2D eigenvalue weighted by atomic mass is 19.3. The number of halogens is 2. The van der Waals surface area contributed by atoms with Gasteiger partial charge in [0.15, 0.2) is 0 Å². The summed E-state index contributed by atoms with van der Waals surface area (Å²) in [5, 5.41) is 4.55. The molecule has 1 aliphatic carbocycles. The number of ether oxygens (including phenoxy) is 1. The summed E-state index contributed by atoms with van der Waals surface area (Å²) in [6.07, 6.45) is 0.728. The van der Waals surface area contributed by atoms with Crippen LogP contribution in [0.15, 0.2) is 18.3 Å². The third kappa shape index (κ3) is 2.94. The number of fused-ring (bicyclic) bond motifs is 1. The van der Waals surface area contributed by atoms with Crippen molar-refractivity contribution in [2.24, 2.45) is 5.73 Å². The van der Waals surface area contributed by atoms with E-state index >= 15 is 0 Å². The van der Waals surface area contributed by atoms with Crippen molar-refractivity contribution in [1.29, 1.82) is 0 Å². The van der Waals surface area contributed by atoms with Gasteiger partial charge in [-0.1, -0.05) is 0 Å². The first-order chi connectivity index (χ1) is 10.6. The summed E-state index contributed by atoms with van der Waals surface area (Å²) in [7, 11) is 0. The Morgan fingerprint density at radius 2 is 2.18 bits per heavy atom. The number of aromatic nitrogens is 2. The van der Waals surface area contributed by atoms with Crippen molar-refractivity contribution in [3.63, 3.8) is 0 Å². The van der Waals surface area contributed by atoms with Crippen LogP contribution in [-0.2, 0) is 0 Å². The quantitative estimate of drug-likeness (QED) is 0.888. The number of nitrogens with zero attached hydrogens (tertiary/aromatic N) is 2. The number of alkyl halides is 2. The van der Waals surface area contributed by atoms with Crippen LogP contribution in [0.2, 0.25) is 0 Å². The summed E-state index contributed by atoms with van der Waals surface area (Å²) in [5.41, 5.74) is 5.46. The molecule has 3 N–H and O–H groups in total. The van der Waals surface area contributed by atoms with Crippen molar-refractivity contribution in [3.05, 3.63) is 24.0 Å². The molecule has 0 aromatic carbocycles. The van der Waals surface area contributed by atoms with E-state index in [-0.39, 0.29) is 17.6 Å². The smallest absolute Gasteiger partial charge is 0.280 e. The van der Waals surface area contributed by atoms with Gasteiger partial charge in [-0.3, -0.25) is 0 Å². The van der Waals surface area contributed by atoms with Crippen LogP contribution in [0.1, 0.15) is 31.9 Å². The second-order valence-electron chi connectivity index (χ2n) is 5.45. The number of rotatable bonds is 5. The van der Waals surface area contributed by atoms with E-state index < -0.39 is 6.43 Å². The van der Waals surface area contributed by atoms with E-state index in [2.05, 4.69) is 15.3 Å². The van der Waals surface area contributed by atoms with Gasteiger partial charge in [-0.25, -0.2) is 18.7 Å². The lowest BCUT2D eigenvalue weighted by Gasteiger charge is -2.33. The minimum absolute atomic E-state index is 0.214. The van der Waals surface area contributed by atoms with Crippen LogP contribution in [0, 0.1) is 0 Å². The molecule has 2 heterocycles. The summed E-state index contributed by atoms with van der Waals surface area (Å²) >= 11 is 0.